The van der Waals surface area contributed by atoms with Crippen LogP contribution in [0.25, 0.3) is 0 Å². The average Bonchev–Trinajstić information content (AvgIpc) is 2.81. The summed E-state index contributed by atoms with van der Waals surface area (Å²) in [5.41, 5.74) is 6.32. The van der Waals surface area contributed by atoms with Crippen molar-refractivity contribution in [3.63, 3.8) is 0 Å². The molecule has 0 spiro atoms. The monoisotopic (exact) mass is 321 g/mol. The third-order valence-corrected chi connectivity index (χ3v) is 4.07. The van der Waals surface area contributed by atoms with Crippen molar-refractivity contribution in [2.75, 3.05) is 17.6 Å². The minimum Gasteiger partial charge on any atom is -0.384 e. The number of rotatable bonds is 5. The van der Waals surface area contributed by atoms with E-state index in [0.717, 1.165) is 17.0 Å². The van der Waals surface area contributed by atoms with Crippen molar-refractivity contribution in [3.05, 3.63) is 23.9 Å². The molecule has 0 atom stereocenters. The molecule has 108 valence electrons. The van der Waals surface area contributed by atoms with Gasteiger partial charge in [-0.3, -0.25) is 0 Å². The molecule has 0 aromatic carbocycles. The summed E-state index contributed by atoms with van der Waals surface area (Å²) in [5, 5.41) is 9.76. The van der Waals surface area contributed by atoms with Crippen LogP contribution in [0.15, 0.2) is 22.5 Å². The molecule has 0 unspecified atom stereocenters. The number of hydrogen-bond acceptors (Lipinski definition) is 7. The van der Waals surface area contributed by atoms with Gasteiger partial charge >= 0.3 is 6.18 Å². The summed E-state index contributed by atoms with van der Waals surface area (Å²) in [7, 11) is 0. The van der Waals surface area contributed by atoms with Gasteiger partial charge in [0.2, 0.25) is 5.13 Å². The van der Waals surface area contributed by atoms with Crippen LogP contribution in [-0.4, -0.2) is 27.9 Å². The minimum absolute atomic E-state index is 0.144. The number of nitrogens with zero attached hydrogens (tertiary/aromatic N) is 3. The fourth-order valence-corrected chi connectivity index (χ4v) is 2.88. The van der Waals surface area contributed by atoms with Gasteiger partial charge in [0.15, 0.2) is 4.34 Å². The van der Waals surface area contributed by atoms with Crippen LogP contribution in [0.4, 0.5) is 24.1 Å². The maximum atomic E-state index is 12.0. The topological polar surface area (TPSA) is 76.7 Å². The molecule has 2 aromatic heterocycles. The van der Waals surface area contributed by atoms with E-state index in [-0.39, 0.29) is 5.13 Å². The summed E-state index contributed by atoms with van der Waals surface area (Å²) in [5.74, 6) is 0.951. The number of aromatic nitrogens is 3. The Kier molecular flexibility index (Phi) is 4.65. The summed E-state index contributed by atoms with van der Waals surface area (Å²) in [6, 6.07) is 5.28. The van der Waals surface area contributed by atoms with Gasteiger partial charge in [-0.15, -0.1) is 10.2 Å². The molecule has 0 fully saturated rings. The fraction of sp³-hybridized carbons (Fsp3) is 0.300. The van der Waals surface area contributed by atoms with Crippen molar-refractivity contribution in [2.45, 2.75) is 16.3 Å². The van der Waals surface area contributed by atoms with Crippen LogP contribution in [0.1, 0.15) is 5.69 Å². The first-order valence-corrected chi connectivity index (χ1v) is 7.21. The van der Waals surface area contributed by atoms with Gasteiger partial charge in [0.1, 0.15) is 12.4 Å². The lowest BCUT2D eigenvalue weighted by atomic mass is 10.4. The van der Waals surface area contributed by atoms with E-state index in [0.29, 0.717) is 15.9 Å². The predicted molar refractivity (Wildman–Crippen MR) is 72.7 cm³/mol. The second-order valence-corrected chi connectivity index (χ2v) is 5.88. The second kappa shape index (κ2) is 6.27. The van der Waals surface area contributed by atoms with Crippen LogP contribution in [-0.2, 0) is 5.75 Å². The molecule has 0 radical (unpaired) electrons. The normalized spacial score (nSPS) is 11.6. The molecule has 0 bridgehead atoms. The first-order chi connectivity index (χ1) is 9.42. The Hall–Kier alpha value is -1.55. The van der Waals surface area contributed by atoms with Gasteiger partial charge in [0, 0.05) is 5.75 Å². The molecule has 20 heavy (non-hydrogen) atoms. The maximum Gasteiger partial charge on any atom is 0.405 e. The Bertz CT molecular complexity index is 572. The number of hydrogen-bond donors (Lipinski definition) is 2. The zero-order chi connectivity index (χ0) is 14.6. The summed E-state index contributed by atoms with van der Waals surface area (Å²) < 4.78 is 36.6. The van der Waals surface area contributed by atoms with Crippen LogP contribution in [0.3, 0.4) is 0 Å². The lowest BCUT2D eigenvalue weighted by Gasteiger charge is -2.05. The third-order valence-electron chi connectivity index (χ3n) is 2.02. The summed E-state index contributed by atoms with van der Waals surface area (Å²) in [6.45, 7) is -1.12. The van der Waals surface area contributed by atoms with Crippen LogP contribution in [0.2, 0.25) is 0 Å². The lowest BCUT2D eigenvalue weighted by Crippen LogP contribution is -2.21. The number of nitrogen functional groups attached to an aromatic ring is 1. The van der Waals surface area contributed by atoms with Crippen LogP contribution in [0, 0.1) is 0 Å². The van der Waals surface area contributed by atoms with Crippen LogP contribution in [0.5, 0.6) is 0 Å². The van der Waals surface area contributed by atoms with E-state index in [2.05, 4.69) is 20.5 Å². The van der Waals surface area contributed by atoms with E-state index in [1.165, 1.54) is 11.8 Å². The first kappa shape index (κ1) is 14.9. The molecule has 3 N–H and O–H groups in total. The SMILES string of the molecule is Nc1cccc(CSc2nnc(NCC(F)(F)F)s2)n1. The lowest BCUT2D eigenvalue weighted by molar-refractivity contribution is -0.115. The van der Waals surface area contributed by atoms with Crippen molar-refractivity contribution in [3.8, 4) is 0 Å². The molecule has 0 aliphatic carbocycles. The Labute approximate surface area is 120 Å². The predicted octanol–water partition coefficient (Wildman–Crippen LogP) is 2.78. The molecule has 0 saturated carbocycles. The first-order valence-electron chi connectivity index (χ1n) is 5.41. The maximum absolute atomic E-state index is 12.0. The summed E-state index contributed by atoms with van der Waals surface area (Å²) in [6.07, 6.45) is -4.27. The number of anilines is 2. The summed E-state index contributed by atoms with van der Waals surface area (Å²) in [4.78, 5) is 4.11. The van der Waals surface area contributed by atoms with Crippen molar-refractivity contribution < 1.29 is 13.2 Å². The van der Waals surface area contributed by atoms with Crippen molar-refractivity contribution in [2.24, 2.45) is 0 Å². The zero-order valence-electron chi connectivity index (χ0n) is 10.0. The highest BCUT2D eigenvalue weighted by Crippen LogP contribution is 2.28. The zero-order valence-corrected chi connectivity index (χ0v) is 11.6. The highest BCUT2D eigenvalue weighted by molar-refractivity contribution is 8.00. The Balaban J connectivity index is 1.87. The number of alkyl halides is 3. The number of nitrogens with one attached hydrogen (secondary N) is 1. The van der Waals surface area contributed by atoms with Gasteiger partial charge in [0.25, 0.3) is 0 Å². The molecule has 0 aliphatic heterocycles. The molecular formula is C10H10F3N5S2. The number of pyridine rings is 1. The largest absolute Gasteiger partial charge is 0.405 e. The van der Waals surface area contributed by atoms with E-state index >= 15 is 0 Å². The molecular weight excluding hydrogens is 311 g/mol. The minimum atomic E-state index is -4.27. The third kappa shape index (κ3) is 4.85. The van der Waals surface area contributed by atoms with Gasteiger partial charge in [-0.1, -0.05) is 29.2 Å². The Morgan fingerprint density at radius 2 is 2.10 bits per heavy atom. The van der Waals surface area contributed by atoms with E-state index in [4.69, 9.17) is 5.73 Å². The molecule has 0 amide bonds. The van der Waals surface area contributed by atoms with Gasteiger partial charge in [-0.25, -0.2) is 4.98 Å². The highest BCUT2D eigenvalue weighted by Gasteiger charge is 2.27. The van der Waals surface area contributed by atoms with Crippen molar-refractivity contribution >= 4 is 34.0 Å². The smallest absolute Gasteiger partial charge is 0.384 e. The highest BCUT2D eigenvalue weighted by atomic mass is 32.2. The Morgan fingerprint density at radius 3 is 2.80 bits per heavy atom. The van der Waals surface area contributed by atoms with E-state index in [1.807, 2.05) is 6.07 Å². The van der Waals surface area contributed by atoms with E-state index in [1.54, 1.807) is 12.1 Å². The molecule has 10 heteroatoms. The average molecular weight is 321 g/mol. The standard InChI is InChI=1S/C10H10F3N5S2/c11-10(12,13)5-15-8-17-18-9(20-8)19-4-6-2-1-3-7(14)16-6/h1-3H,4-5H2,(H2,14,16)(H,15,17). The van der Waals surface area contributed by atoms with Gasteiger partial charge in [0.05, 0.1) is 5.69 Å². The summed E-state index contributed by atoms with van der Waals surface area (Å²) >= 11 is 2.41. The number of halogens is 3. The van der Waals surface area contributed by atoms with Crippen molar-refractivity contribution in [1.82, 2.24) is 15.2 Å². The van der Waals surface area contributed by atoms with Gasteiger partial charge < -0.3 is 11.1 Å². The fourth-order valence-electron chi connectivity index (χ4n) is 1.23. The second-order valence-electron chi connectivity index (χ2n) is 3.68. The molecule has 5 nitrogen and oxygen atoms in total. The number of thioether (sulfide) groups is 1. The van der Waals surface area contributed by atoms with Crippen molar-refractivity contribution in [1.29, 1.82) is 0 Å². The molecule has 2 rings (SSSR count). The van der Waals surface area contributed by atoms with Crippen LogP contribution >= 0.6 is 23.1 Å². The molecule has 2 aromatic rings. The van der Waals surface area contributed by atoms with Gasteiger partial charge in [-0.2, -0.15) is 13.2 Å². The van der Waals surface area contributed by atoms with Gasteiger partial charge in [-0.05, 0) is 12.1 Å². The quantitative estimate of drug-likeness (QED) is 0.825. The van der Waals surface area contributed by atoms with Crippen LogP contribution < -0.4 is 11.1 Å². The molecule has 0 aliphatic rings. The molecule has 2 heterocycles. The van der Waals surface area contributed by atoms with E-state index in [9.17, 15) is 13.2 Å². The number of nitrogens with two attached hydrogens (primary N) is 1. The Morgan fingerprint density at radius 1 is 1.30 bits per heavy atom. The van der Waals surface area contributed by atoms with E-state index < -0.39 is 12.7 Å². The molecule has 0 saturated heterocycles.